The average Bonchev–Trinajstić information content (AvgIpc) is 2.12. The van der Waals surface area contributed by atoms with Gasteiger partial charge in [0.05, 0.1) is 0 Å². The highest BCUT2D eigenvalue weighted by Crippen LogP contribution is 2.27. The Morgan fingerprint density at radius 1 is 1.31 bits per heavy atom. The monoisotopic (exact) mass is 182 g/mol. The van der Waals surface area contributed by atoms with Crippen LogP contribution in [-0.4, -0.2) is 27.7 Å². The summed E-state index contributed by atoms with van der Waals surface area (Å²) in [5.74, 6) is -0.848. The first-order chi connectivity index (χ1) is 6.06. The fourth-order valence-corrected chi connectivity index (χ4v) is 0.936. The minimum atomic E-state index is -0.637. The van der Waals surface area contributed by atoms with Crippen LogP contribution in [0.2, 0.25) is 0 Å². The first-order valence-electron chi connectivity index (χ1n) is 3.73. The first kappa shape index (κ1) is 9.54. The summed E-state index contributed by atoms with van der Waals surface area (Å²) in [4.78, 5) is 11.0. The molecule has 0 radical (unpaired) electrons. The van der Waals surface area contributed by atoms with Crippen LogP contribution in [0.15, 0.2) is 12.1 Å². The molecule has 0 heterocycles. The van der Waals surface area contributed by atoms with Crippen LogP contribution >= 0.6 is 0 Å². The van der Waals surface area contributed by atoms with E-state index in [-0.39, 0.29) is 17.1 Å². The summed E-state index contributed by atoms with van der Waals surface area (Å²) in [5.41, 5.74) is 0.414. The molecule has 13 heavy (non-hydrogen) atoms. The molecule has 4 nitrogen and oxygen atoms in total. The number of Topliss-reactive ketones (excluding diaryl/α,β-unsaturated/α-hetero) is 1. The topological polar surface area (TPSA) is 77.8 Å². The molecule has 1 rings (SSSR count). The van der Waals surface area contributed by atoms with Crippen LogP contribution in [0.4, 0.5) is 0 Å². The van der Waals surface area contributed by atoms with E-state index >= 15 is 0 Å². The van der Waals surface area contributed by atoms with Gasteiger partial charge in [-0.3, -0.25) is 4.79 Å². The van der Waals surface area contributed by atoms with E-state index in [0.717, 1.165) is 0 Å². The van der Waals surface area contributed by atoms with Crippen LogP contribution in [0.3, 0.4) is 0 Å². The lowest BCUT2D eigenvalue weighted by Gasteiger charge is -2.04. The van der Waals surface area contributed by atoms with Crippen LogP contribution in [0.25, 0.3) is 0 Å². The molecule has 3 N–H and O–H groups in total. The van der Waals surface area contributed by atoms with Crippen LogP contribution in [0, 0.1) is 6.92 Å². The average molecular weight is 182 g/mol. The van der Waals surface area contributed by atoms with Gasteiger partial charge in [-0.25, -0.2) is 0 Å². The summed E-state index contributed by atoms with van der Waals surface area (Å²) in [7, 11) is 0. The Hall–Kier alpha value is -1.55. The molecule has 4 heteroatoms. The van der Waals surface area contributed by atoms with Gasteiger partial charge in [-0.15, -0.1) is 0 Å². The first-order valence-corrected chi connectivity index (χ1v) is 3.73. The van der Waals surface area contributed by atoms with E-state index in [9.17, 15) is 15.0 Å². The SMILES string of the molecule is Cc1c(O)cc(C(=O)CO)cc1O. The third-order valence-electron chi connectivity index (χ3n) is 1.82. The van der Waals surface area contributed by atoms with Gasteiger partial charge in [-0.2, -0.15) is 0 Å². The van der Waals surface area contributed by atoms with Crippen molar-refractivity contribution in [3.05, 3.63) is 23.3 Å². The highest BCUT2D eigenvalue weighted by atomic mass is 16.3. The van der Waals surface area contributed by atoms with Crippen LogP contribution in [0.1, 0.15) is 15.9 Å². The van der Waals surface area contributed by atoms with Gasteiger partial charge < -0.3 is 15.3 Å². The number of rotatable bonds is 2. The smallest absolute Gasteiger partial charge is 0.188 e. The molecule has 1 aromatic rings. The van der Waals surface area contributed by atoms with E-state index in [1.54, 1.807) is 0 Å². The summed E-state index contributed by atoms with van der Waals surface area (Å²) < 4.78 is 0. The molecule has 0 aromatic heterocycles. The van der Waals surface area contributed by atoms with Gasteiger partial charge in [0.15, 0.2) is 5.78 Å². The Kier molecular flexibility index (Phi) is 2.53. The number of ketones is 1. The quantitative estimate of drug-likeness (QED) is 0.584. The molecule has 70 valence electrons. The Morgan fingerprint density at radius 2 is 1.77 bits per heavy atom. The number of benzene rings is 1. The molecular weight excluding hydrogens is 172 g/mol. The maximum absolute atomic E-state index is 11.0. The lowest BCUT2D eigenvalue weighted by Crippen LogP contribution is -2.04. The number of aliphatic hydroxyl groups is 1. The van der Waals surface area contributed by atoms with Gasteiger partial charge in [-0.05, 0) is 19.1 Å². The molecule has 0 atom stereocenters. The van der Waals surface area contributed by atoms with Crippen molar-refractivity contribution in [2.45, 2.75) is 6.92 Å². The maximum atomic E-state index is 11.0. The second-order valence-corrected chi connectivity index (χ2v) is 2.72. The third kappa shape index (κ3) is 1.78. The molecule has 0 fully saturated rings. The summed E-state index contributed by atoms with van der Waals surface area (Å²) in [6, 6.07) is 2.43. The molecule has 0 aliphatic heterocycles. The van der Waals surface area contributed by atoms with Crippen molar-refractivity contribution in [3.63, 3.8) is 0 Å². The zero-order valence-electron chi connectivity index (χ0n) is 7.11. The van der Waals surface area contributed by atoms with Crippen molar-refractivity contribution < 1.29 is 20.1 Å². The van der Waals surface area contributed by atoms with Gasteiger partial charge in [0.1, 0.15) is 18.1 Å². The van der Waals surface area contributed by atoms with Gasteiger partial charge in [0.2, 0.25) is 0 Å². The number of phenols is 2. The van der Waals surface area contributed by atoms with E-state index in [0.29, 0.717) is 5.56 Å². The van der Waals surface area contributed by atoms with Crippen LogP contribution in [0.5, 0.6) is 11.5 Å². The number of hydrogen-bond acceptors (Lipinski definition) is 4. The Labute approximate surface area is 75.1 Å². The molecule has 0 aliphatic carbocycles. The predicted octanol–water partition coefficient (Wildman–Crippen LogP) is 0.581. The van der Waals surface area contributed by atoms with Crippen molar-refractivity contribution in [3.8, 4) is 11.5 Å². The van der Waals surface area contributed by atoms with Crippen molar-refractivity contribution in [2.75, 3.05) is 6.61 Å². The van der Waals surface area contributed by atoms with E-state index in [1.807, 2.05) is 0 Å². The van der Waals surface area contributed by atoms with Crippen molar-refractivity contribution >= 4 is 5.78 Å². The second-order valence-electron chi connectivity index (χ2n) is 2.72. The fourth-order valence-electron chi connectivity index (χ4n) is 0.936. The Morgan fingerprint density at radius 3 is 2.15 bits per heavy atom. The van der Waals surface area contributed by atoms with E-state index < -0.39 is 12.4 Å². The summed E-state index contributed by atoms with van der Waals surface area (Å²) >= 11 is 0. The normalized spacial score (nSPS) is 10.0. The molecule has 0 bridgehead atoms. The minimum absolute atomic E-state index is 0.100. The minimum Gasteiger partial charge on any atom is -0.508 e. The lowest BCUT2D eigenvalue weighted by atomic mass is 10.1. The van der Waals surface area contributed by atoms with Gasteiger partial charge in [-0.1, -0.05) is 0 Å². The van der Waals surface area contributed by atoms with E-state index in [1.165, 1.54) is 19.1 Å². The highest BCUT2D eigenvalue weighted by Gasteiger charge is 2.10. The summed E-state index contributed by atoms with van der Waals surface area (Å²) in [6.07, 6.45) is 0. The summed E-state index contributed by atoms with van der Waals surface area (Å²) in [6.45, 7) is 0.889. The maximum Gasteiger partial charge on any atom is 0.188 e. The zero-order valence-corrected chi connectivity index (χ0v) is 7.11. The largest absolute Gasteiger partial charge is 0.508 e. The van der Waals surface area contributed by atoms with Crippen molar-refractivity contribution in [1.82, 2.24) is 0 Å². The van der Waals surface area contributed by atoms with E-state index in [4.69, 9.17) is 5.11 Å². The number of aliphatic hydroxyl groups excluding tert-OH is 1. The molecule has 0 unspecified atom stereocenters. The summed E-state index contributed by atoms with van der Waals surface area (Å²) in [5, 5.41) is 27.0. The third-order valence-corrected chi connectivity index (χ3v) is 1.82. The number of aromatic hydroxyl groups is 2. The molecule has 1 aromatic carbocycles. The molecule has 0 aliphatic rings. The van der Waals surface area contributed by atoms with E-state index in [2.05, 4.69) is 0 Å². The molecule has 0 saturated carbocycles. The van der Waals surface area contributed by atoms with Gasteiger partial charge >= 0.3 is 0 Å². The van der Waals surface area contributed by atoms with Crippen LogP contribution < -0.4 is 0 Å². The fraction of sp³-hybridized carbons (Fsp3) is 0.222. The number of phenolic OH excluding ortho intramolecular Hbond substituents is 2. The second kappa shape index (κ2) is 3.45. The van der Waals surface area contributed by atoms with Crippen molar-refractivity contribution in [2.24, 2.45) is 0 Å². The van der Waals surface area contributed by atoms with Gasteiger partial charge in [0, 0.05) is 11.1 Å². The number of carbonyl (C=O) groups excluding carboxylic acids is 1. The lowest BCUT2D eigenvalue weighted by molar-refractivity contribution is 0.0903. The molecule has 0 saturated heterocycles. The molecule has 0 spiro atoms. The van der Waals surface area contributed by atoms with Gasteiger partial charge in [0.25, 0.3) is 0 Å². The predicted molar refractivity (Wildman–Crippen MR) is 45.9 cm³/mol. The highest BCUT2D eigenvalue weighted by molar-refractivity contribution is 5.97. The number of carbonyl (C=O) groups is 1. The number of hydrogen-bond donors (Lipinski definition) is 3. The van der Waals surface area contributed by atoms with Crippen LogP contribution in [-0.2, 0) is 0 Å². The molecule has 0 amide bonds. The molecular formula is C9H10O4. The van der Waals surface area contributed by atoms with Crippen molar-refractivity contribution in [1.29, 1.82) is 0 Å². The standard InChI is InChI=1S/C9H10O4/c1-5-7(11)2-6(3-8(5)12)9(13)4-10/h2-3,10-12H,4H2,1H3. The zero-order chi connectivity index (χ0) is 10.0. The Bertz CT molecular complexity index is 320. The Balaban J connectivity index is 3.20.